The summed E-state index contributed by atoms with van der Waals surface area (Å²) in [5.74, 6) is -0.146. The lowest BCUT2D eigenvalue weighted by Gasteiger charge is -2.36. The number of amides is 1. The van der Waals surface area contributed by atoms with E-state index in [2.05, 4.69) is 15.1 Å². The van der Waals surface area contributed by atoms with E-state index in [0.29, 0.717) is 18.3 Å². The van der Waals surface area contributed by atoms with Crippen molar-refractivity contribution in [3.63, 3.8) is 0 Å². The number of para-hydroxylation sites is 1. The van der Waals surface area contributed by atoms with Crippen LogP contribution in [0.3, 0.4) is 0 Å². The third kappa shape index (κ3) is 5.53. The van der Waals surface area contributed by atoms with Crippen molar-refractivity contribution < 1.29 is 13.2 Å². The molecule has 0 radical (unpaired) electrons. The minimum Gasteiger partial charge on any atom is -0.324 e. The van der Waals surface area contributed by atoms with Crippen LogP contribution in [0.1, 0.15) is 57.8 Å². The van der Waals surface area contributed by atoms with Crippen molar-refractivity contribution in [1.29, 1.82) is 0 Å². The van der Waals surface area contributed by atoms with Crippen LogP contribution in [0.2, 0.25) is 0 Å². The fraction of sp³-hybridized carbons (Fsp3) is 0.708. The number of nitrogens with one attached hydrogen (secondary N) is 1. The smallest absolute Gasteiger partial charge is 0.245 e. The van der Waals surface area contributed by atoms with Crippen LogP contribution in [0.4, 0.5) is 5.69 Å². The predicted octanol–water partition coefficient (Wildman–Crippen LogP) is 3.14. The Morgan fingerprint density at radius 2 is 1.62 bits per heavy atom. The lowest BCUT2D eigenvalue weighted by atomic mass is 9.96. The molecule has 1 aromatic rings. The Bertz CT molecular complexity index is 871. The van der Waals surface area contributed by atoms with Gasteiger partial charge in [-0.15, -0.1) is 0 Å². The quantitative estimate of drug-likeness (QED) is 0.674. The molecule has 0 unspecified atom stereocenters. The van der Waals surface area contributed by atoms with E-state index in [1.54, 1.807) is 31.3 Å². The minimum atomic E-state index is -3.67. The summed E-state index contributed by atoms with van der Waals surface area (Å²) in [7, 11) is -1.99. The minimum absolute atomic E-state index is 0.0365. The highest BCUT2D eigenvalue weighted by molar-refractivity contribution is 7.89. The lowest BCUT2D eigenvalue weighted by Crippen LogP contribution is -2.46. The molecule has 1 aromatic carbocycles. The maximum absolute atomic E-state index is 13.3. The van der Waals surface area contributed by atoms with Gasteiger partial charge in [-0.25, -0.2) is 8.42 Å². The van der Waals surface area contributed by atoms with Gasteiger partial charge in [0.15, 0.2) is 0 Å². The van der Waals surface area contributed by atoms with Gasteiger partial charge in [0.1, 0.15) is 4.90 Å². The number of carbonyl (C=O) groups is 1. The molecule has 2 aliphatic heterocycles. The summed E-state index contributed by atoms with van der Waals surface area (Å²) in [5.41, 5.74) is 0.382. The van der Waals surface area contributed by atoms with E-state index in [0.717, 1.165) is 51.6 Å². The van der Waals surface area contributed by atoms with Gasteiger partial charge in [-0.1, -0.05) is 31.4 Å². The fourth-order valence-corrected chi connectivity index (χ4v) is 7.09. The molecule has 0 bridgehead atoms. The Balaban J connectivity index is 1.36. The first-order valence-corrected chi connectivity index (χ1v) is 13.7. The monoisotopic (exact) mass is 462 g/mol. The third-order valence-electron chi connectivity index (χ3n) is 7.49. The van der Waals surface area contributed by atoms with E-state index < -0.39 is 10.0 Å². The summed E-state index contributed by atoms with van der Waals surface area (Å²) >= 11 is 0. The van der Waals surface area contributed by atoms with Crippen LogP contribution in [0.15, 0.2) is 29.2 Å². The van der Waals surface area contributed by atoms with E-state index in [4.69, 9.17) is 0 Å². The number of rotatable bonds is 7. The number of sulfonamides is 1. The maximum atomic E-state index is 13.3. The largest absolute Gasteiger partial charge is 0.324 e. The number of anilines is 1. The predicted molar refractivity (Wildman–Crippen MR) is 127 cm³/mol. The highest BCUT2D eigenvalue weighted by Gasteiger charge is 2.31. The van der Waals surface area contributed by atoms with Crippen molar-refractivity contribution in [1.82, 2.24) is 14.1 Å². The Morgan fingerprint density at radius 3 is 2.31 bits per heavy atom. The molecule has 1 aliphatic carbocycles. The van der Waals surface area contributed by atoms with Crippen molar-refractivity contribution in [3.8, 4) is 0 Å². The highest BCUT2D eigenvalue weighted by atomic mass is 32.2. The second-order valence-corrected chi connectivity index (χ2v) is 11.6. The molecule has 0 spiro atoms. The van der Waals surface area contributed by atoms with E-state index in [1.165, 1.54) is 36.7 Å². The van der Waals surface area contributed by atoms with Crippen molar-refractivity contribution in [2.45, 2.75) is 74.8 Å². The molecule has 3 fully saturated rings. The van der Waals surface area contributed by atoms with Crippen LogP contribution >= 0.6 is 0 Å². The average Bonchev–Trinajstić information content (AvgIpc) is 3.35. The molecule has 2 heterocycles. The van der Waals surface area contributed by atoms with Gasteiger partial charge in [-0.3, -0.25) is 9.69 Å². The number of piperidine rings is 1. The van der Waals surface area contributed by atoms with Gasteiger partial charge in [-0.05, 0) is 63.7 Å². The normalized spacial score (nSPS) is 22.4. The average molecular weight is 463 g/mol. The molecule has 1 amide bonds. The number of benzene rings is 1. The molecule has 7 nitrogen and oxygen atoms in total. The van der Waals surface area contributed by atoms with Crippen molar-refractivity contribution in [2.75, 3.05) is 45.1 Å². The van der Waals surface area contributed by atoms with E-state index in [-0.39, 0.29) is 16.8 Å². The molecule has 0 aromatic heterocycles. The van der Waals surface area contributed by atoms with Crippen molar-refractivity contribution in [3.05, 3.63) is 24.3 Å². The summed E-state index contributed by atoms with van der Waals surface area (Å²) in [6.07, 6.45) is 9.92. The number of nitrogens with zero attached hydrogens (tertiary/aromatic N) is 3. The first kappa shape index (κ1) is 23.7. The van der Waals surface area contributed by atoms with Gasteiger partial charge in [0.05, 0.1) is 12.2 Å². The summed E-state index contributed by atoms with van der Waals surface area (Å²) in [5, 5.41) is 2.89. The van der Waals surface area contributed by atoms with Gasteiger partial charge in [-0.2, -0.15) is 4.31 Å². The Hall–Kier alpha value is -1.48. The summed E-state index contributed by atoms with van der Waals surface area (Å²) in [6, 6.07) is 7.48. The molecule has 8 heteroatoms. The van der Waals surface area contributed by atoms with Gasteiger partial charge in [0, 0.05) is 32.2 Å². The summed E-state index contributed by atoms with van der Waals surface area (Å²) in [4.78, 5) is 17.8. The summed E-state index contributed by atoms with van der Waals surface area (Å²) in [6.45, 7) is 4.56. The van der Waals surface area contributed by atoms with E-state index >= 15 is 0 Å². The zero-order chi connectivity index (χ0) is 22.6. The molecule has 32 heavy (non-hydrogen) atoms. The molecule has 1 saturated carbocycles. The first-order chi connectivity index (χ1) is 15.4. The molecule has 2 saturated heterocycles. The Kier molecular flexibility index (Phi) is 7.87. The van der Waals surface area contributed by atoms with Gasteiger partial charge in [0.25, 0.3) is 0 Å². The number of hydrogen-bond acceptors (Lipinski definition) is 5. The Labute approximate surface area is 193 Å². The van der Waals surface area contributed by atoms with Gasteiger partial charge < -0.3 is 10.2 Å². The zero-order valence-electron chi connectivity index (χ0n) is 19.3. The second kappa shape index (κ2) is 10.6. The molecule has 178 valence electrons. The van der Waals surface area contributed by atoms with Crippen LogP contribution in [-0.2, 0) is 14.8 Å². The second-order valence-electron chi connectivity index (χ2n) is 9.61. The topological polar surface area (TPSA) is 73.0 Å². The van der Waals surface area contributed by atoms with Gasteiger partial charge in [0.2, 0.25) is 15.9 Å². The molecular formula is C24H38N4O3S. The maximum Gasteiger partial charge on any atom is 0.245 e. The molecule has 0 atom stereocenters. The SMILES string of the molecule is CN(C1CCCCC1)S(=O)(=O)c1ccccc1NC(=O)CN1CCC(N2CCCC2)CC1. The van der Waals surface area contributed by atoms with Crippen LogP contribution in [-0.4, -0.2) is 80.3 Å². The number of carbonyl (C=O) groups excluding carboxylic acids is 1. The van der Waals surface area contributed by atoms with E-state index in [1.807, 2.05) is 0 Å². The van der Waals surface area contributed by atoms with Crippen molar-refractivity contribution >= 4 is 21.6 Å². The van der Waals surface area contributed by atoms with Crippen LogP contribution in [0.25, 0.3) is 0 Å². The van der Waals surface area contributed by atoms with Crippen LogP contribution in [0.5, 0.6) is 0 Å². The van der Waals surface area contributed by atoms with Crippen LogP contribution < -0.4 is 5.32 Å². The summed E-state index contributed by atoms with van der Waals surface area (Å²) < 4.78 is 28.2. The lowest BCUT2D eigenvalue weighted by molar-refractivity contribution is -0.117. The Morgan fingerprint density at radius 1 is 0.969 bits per heavy atom. The zero-order valence-corrected chi connectivity index (χ0v) is 20.2. The van der Waals surface area contributed by atoms with Crippen molar-refractivity contribution in [2.24, 2.45) is 0 Å². The van der Waals surface area contributed by atoms with Gasteiger partial charge >= 0.3 is 0 Å². The molecule has 4 rings (SSSR count). The fourth-order valence-electron chi connectivity index (χ4n) is 5.53. The standard InChI is InChI=1S/C24H38N4O3S/c1-26(20-9-3-2-4-10-20)32(30,31)23-12-6-5-11-22(23)25-24(29)19-27-17-13-21(14-18-27)28-15-7-8-16-28/h5-6,11-12,20-21H,2-4,7-10,13-19H2,1H3,(H,25,29). The molecule has 3 aliphatic rings. The number of likely N-dealkylation sites (tertiary alicyclic amines) is 2. The number of hydrogen-bond donors (Lipinski definition) is 1. The molecular weight excluding hydrogens is 424 g/mol. The highest BCUT2D eigenvalue weighted by Crippen LogP contribution is 2.30. The third-order valence-corrected chi connectivity index (χ3v) is 9.46. The molecule has 1 N–H and O–H groups in total. The van der Waals surface area contributed by atoms with Crippen LogP contribution in [0, 0.1) is 0 Å². The first-order valence-electron chi connectivity index (χ1n) is 12.3. The van der Waals surface area contributed by atoms with E-state index in [9.17, 15) is 13.2 Å².